The Balaban J connectivity index is 2.26. The third-order valence-corrected chi connectivity index (χ3v) is 4.84. The first-order valence-corrected chi connectivity index (χ1v) is 8.06. The van der Waals surface area contributed by atoms with Crippen molar-refractivity contribution in [2.24, 2.45) is 0 Å². The predicted molar refractivity (Wildman–Crippen MR) is 100 cm³/mol. The Morgan fingerprint density at radius 3 is 2.29 bits per heavy atom. The molecule has 24 heavy (non-hydrogen) atoms. The van der Waals surface area contributed by atoms with Crippen LogP contribution in [-0.4, -0.2) is 0 Å². The molecule has 4 aromatic carbocycles. The van der Waals surface area contributed by atoms with Gasteiger partial charge in [0.1, 0.15) is 5.58 Å². The standard InChI is InChI=1S/C21H11ClO2/c22-18-10-13(23)9-17-15-7-3-4-8-16(15)19-14-6-2-1-5-12(14)11-24-21(19)20(17)18/h1-11H. The van der Waals surface area contributed by atoms with E-state index in [1.54, 1.807) is 12.3 Å². The van der Waals surface area contributed by atoms with Crippen LogP contribution in [0.1, 0.15) is 0 Å². The van der Waals surface area contributed by atoms with Gasteiger partial charge in [0.05, 0.1) is 11.3 Å². The fourth-order valence-corrected chi connectivity index (χ4v) is 3.84. The van der Waals surface area contributed by atoms with Crippen LogP contribution in [0.25, 0.3) is 43.3 Å². The summed E-state index contributed by atoms with van der Waals surface area (Å²) in [6.07, 6.45) is 1.74. The van der Waals surface area contributed by atoms with Gasteiger partial charge in [-0.2, -0.15) is 0 Å². The molecule has 0 fully saturated rings. The minimum Gasteiger partial charge on any atom is -0.463 e. The minimum atomic E-state index is -0.0993. The molecule has 0 aliphatic carbocycles. The van der Waals surface area contributed by atoms with Crippen LogP contribution in [0, 0.1) is 0 Å². The molecule has 1 aromatic heterocycles. The van der Waals surface area contributed by atoms with Gasteiger partial charge in [-0.15, -0.1) is 0 Å². The smallest absolute Gasteiger partial charge is 0.180 e. The molecule has 5 rings (SSSR count). The van der Waals surface area contributed by atoms with Crippen LogP contribution in [0.4, 0.5) is 0 Å². The van der Waals surface area contributed by atoms with E-state index in [4.69, 9.17) is 16.0 Å². The highest BCUT2D eigenvalue weighted by atomic mass is 35.5. The van der Waals surface area contributed by atoms with Crippen molar-refractivity contribution in [2.45, 2.75) is 0 Å². The molecule has 1 heterocycles. The maximum absolute atomic E-state index is 12.0. The first-order valence-electron chi connectivity index (χ1n) is 7.68. The summed E-state index contributed by atoms with van der Waals surface area (Å²) >= 11 is 6.43. The summed E-state index contributed by atoms with van der Waals surface area (Å²) in [5.41, 5.74) is 0.616. The number of halogens is 1. The Morgan fingerprint density at radius 1 is 0.750 bits per heavy atom. The van der Waals surface area contributed by atoms with Crippen LogP contribution >= 0.6 is 11.6 Å². The molecular weight excluding hydrogens is 320 g/mol. The van der Waals surface area contributed by atoms with Crippen LogP contribution in [0.3, 0.4) is 0 Å². The van der Waals surface area contributed by atoms with E-state index in [-0.39, 0.29) is 5.43 Å². The molecule has 3 heteroatoms. The van der Waals surface area contributed by atoms with E-state index in [9.17, 15) is 4.79 Å². The molecule has 0 radical (unpaired) electrons. The van der Waals surface area contributed by atoms with E-state index < -0.39 is 0 Å². The second-order valence-electron chi connectivity index (χ2n) is 5.90. The van der Waals surface area contributed by atoms with Crippen molar-refractivity contribution in [3.05, 3.63) is 82.2 Å². The van der Waals surface area contributed by atoms with Gasteiger partial charge in [-0.25, -0.2) is 0 Å². The first-order chi connectivity index (χ1) is 11.7. The molecule has 114 valence electrons. The van der Waals surface area contributed by atoms with Gasteiger partial charge in [0.25, 0.3) is 0 Å². The lowest BCUT2D eigenvalue weighted by molar-refractivity contribution is 0.615. The van der Waals surface area contributed by atoms with E-state index in [1.807, 2.05) is 36.4 Å². The molecule has 0 unspecified atom stereocenters. The third-order valence-electron chi connectivity index (χ3n) is 4.54. The second kappa shape index (κ2) is 4.83. The van der Waals surface area contributed by atoms with Crippen molar-refractivity contribution < 1.29 is 4.42 Å². The van der Waals surface area contributed by atoms with Gasteiger partial charge >= 0.3 is 0 Å². The van der Waals surface area contributed by atoms with Crippen molar-refractivity contribution >= 4 is 54.9 Å². The maximum Gasteiger partial charge on any atom is 0.180 e. The lowest BCUT2D eigenvalue weighted by atomic mass is 9.95. The zero-order valence-corrected chi connectivity index (χ0v) is 13.3. The Morgan fingerprint density at radius 2 is 1.46 bits per heavy atom. The number of hydrogen-bond acceptors (Lipinski definition) is 2. The van der Waals surface area contributed by atoms with E-state index in [0.717, 1.165) is 37.7 Å². The van der Waals surface area contributed by atoms with Crippen molar-refractivity contribution in [1.29, 1.82) is 0 Å². The molecule has 0 atom stereocenters. The fourth-order valence-electron chi connectivity index (χ4n) is 3.54. The maximum atomic E-state index is 12.0. The lowest BCUT2D eigenvalue weighted by Gasteiger charge is -2.12. The van der Waals surface area contributed by atoms with Gasteiger partial charge in [-0.3, -0.25) is 4.79 Å². The van der Waals surface area contributed by atoms with Gasteiger partial charge in [-0.1, -0.05) is 60.1 Å². The van der Waals surface area contributed by atoms with Crippen molar-refractivity contribution in [3.63, 3.8) is 0 Å². The largest absolute Gasteiger partial charge is 0.463 e. The summed E-state index contributed by atoms with van der Waals surface area (Å²) in [4.78, 5) is 12.0. The summed E-state index contributed by atoms with van der Waals surface area (Å²) < 4.78 is 5.98. The molecule has 0 amide bonds. The predicted octanol–water partition coefficient (Wildman–Crippen LogP) is 5.91. The quantitative estimate of drug-likeness (QED) is 0.331. The third kappa shape index (κ3) is 1.75. The van der Waals surface area contributed by atoms with Crippen molar-refractivity contribution in [3.8, 4) is 0 Å². The van der Waals surface area contributed by atoms with Gasteiger partial charge < -0.3 is 4.42 Å². The van der Waals surface area contributed by atoms with Gasteiger partial charge in [0.15, 0.2) is 5.43 Å². The van der Waals surface area contributed by atoms with Crippen molar-refractivity contribution in [2.75, 3.05) is 0 Å². The number of benzene rings is 4. The summed E-state index contributed by atoms with van der Waals surface area (Å²) in [6.45, 7) is 0. The second-order valence-corrected chi connectivity index (χ2v) is 6.31. The Bertz CT molecular complexity index is 1330. The van der Waals surface area contributed by atoms with Crippen molar-refractivity contribution in [1.82, 2.24) is 0 Å². The van der Waals surface area contributed by atoms with E-state index in [1.165, 1.54) is 6.07 Å². The summed E-state index contributed by atoms with van der Waals surface area (Å²) in [6, 6.07) is 19.3. The molecule has 0 spiro atoms. The van der Waals surface area contributed by atoms with Gasteiger partial charge in [0.2, 0.25) is 0 Å². The molecular formula is C21H11ClO2. The van der Waals surface area contributed by atoms with E-state index in [2.05, 4.69) is 12.1 Å². The van der Waals surface area contributed by atoms with Gasteiger partial charge in [0, 0.05) is 22.2 Å². The van der Waals surface area contributed by atoms with Crippen LogP contribution in [-0.2, 0) is 0 Å². The highest BCUT2D eigenvalue weighted by Crippen LogP contribution is 2.40. The zero-order valence-electron chi connectivity index (χ0n) is 12.5. The SMILES string of the molecule is O=c1cc(Cl)c2c(c1)c1ccccc1c1c3ccccc3coc21. The molecule has 0 saturated heterocycles. The topological polar surface area (TPSA) is 30.2 Å². The van der Waals surface area contributed by atoms with Crippen LogP contribution in [0.15, 0.2) is 76.1 Å². The summed E-state index contributed by atoms with van der Waals surface area (Å²) in [5, 5.41) is 7.27. The number of rotatable bonds is 0. The molecule has 0 aliphatic rings. The number of hydrogen-bond donors (Lipinski definition) is 0. The minimum absolute atomic E-state index is 0.0993. The monoisotopic (exact) mass is 330 g/mol. The zero-order chi connectivity index (χ0) is 16.3. The Kier molecular flexibility index (Phi) is 2.73. The lowest BCUT2D eigenvalue weighted by Crippen LogP contribution is -1.97. The molecule has 2 nitrogen and oxygen atoms in total. The molecule has 0 saturated carbocycles. The summed E-state index contributed by atoms with van der Waals surface area (Å²) in [7, 11) is 0. The average molecular weight is 331 g/mol. The average Bonchev–Trinajstić information content (AvgIpc) is 2.61. The van der Waals surface area contributed by atoms with Crippen LogP contribution in [0.5, 0.6) is 0 Å². The normalized spacial score (nSPS) is 11.7. The van der Waals surface area contributed by atoms with E-state index in [0.29, 0.717) is 10.6 Å². The van der Waals surface area contributed by atoms with E-state index >= 15 is 0 Å². The molecule has 0 aliphatic heterocycles. The number of fused-ring (bicyclic) bond motifs is 8. The highest BCUT2D eigenvalue weighted by molar-refractivity contribution is 6.41. The summed E-state index contributed by atoms with van der Waals surface area (Å²) in [5.74, 6) is 0. The molecule has 5 aromatic rings. The Hall–Kier alpha value is -2.84. The first kappa shape index (κ1) is 13.6. The van der Waals surface area contributed by atoms with Gasteiger partial charge in [-0.05, 0) is 27.6 Å². The fraction of sp³-hybridized carbons (Fsp3) is 0. The van der Waals surface area contributed by atoms with Crippen LogP contribution in [0.2, 0.25) is 5.02 Å². The highest BCUT2D eigenvalue weighted by Gasteiger charge is 2.15. The molecule has 0 N–H and O–H groups in total. The Labute approximate surface area is 141 Å². The molecule has 0 bridgehead atoms. The van der Waals surface area contributed by atoms with Crippen LogP contribution < -0.4 is 5.43 Å².